The van der Waals surface area contributed by atoms with Gasteiger partial charge in [0.2, 0.25) is 5.28 Å². The standard InChI is InChI=1S/C17H13ClN8/c18-16-19-9-14-24(16)13-4-2-1-3-12(13)15-21-22-17(25(14)15)26-11(8-20-23-26)7-10-5-6-10/h1-4,8-10H,5-7H2. The summed E-state index contributed by atoms with van der Waals surface area (Å²) in [6.07, 6.45) is 7.01. The number of fused-ring (bicyclic) bond motifs is 6. The molecule has 9 heteroatoms. The molecule has 1 fully saturated rings. The molecule has 1 aliphatic carbocycles. The average molecular weight is 365 g/mol. The van der Waals surface area contributed by atoms with Crippen molar-refractivity contribution in [3.63, 3.8) is 0 Å². The van der Waals surface area contributed by atoms with Crippen molar-refractivity contribution in [2.45, 2.75) is 19.3 Å². The zero-order valence-corrected chi connectivity index (χ0v) is 14.4. The van der Waals surface area contributed by atoms with Crippen LogP contribution >= 0.6 is 11.6 Å². The Morgan fingerprint density at radius 2 is 1.96 bits per heavy atom. The number of nitrogens with zero attached hydrogens (tertiary/aromatic N) is 8. The highest BCUT2D eigenvalue weighted by Gasteiger charge is 2.25. The lowest BCUT2D eigenvalue weighted by molar-refractivity contribution is 0.687. The van der Waals surface area contributed by atoms with E-state index in [9.17, 15) is 0 Å². The molecule has 5 aromatic rings. The van der Waals surface area contributed by atoms with E-state index in [0.717, 1.165) is 40.2 Å². The lowest BCUT2D eigenvalue weighted by Gasteiger charge is -2.08. The van der Waals surface area contributed by atoms with E-state index in [1.165, 1.54) is 12.8 Å². The number of rotatable bonds is 3. The monoisotopic (exact) mass is 364 g/mol. The summed E-state index contributed by atoms with van der Waals surface area (Å²) < 4.78 is 5.61. The first-order valence-corrected chi connectivity index (χ1v) is 8.88. The molecule has 6 rings (SSSR count). The molecule has 0 radical (unpaired) electrons. The molecular formula is C17H13ClN8. The van der Waals surface area contributed by atoms with E-state index in [2.05, 4.69) is 25.5 Å². The summed E-state index contributed by atoms with van der Waals surface area (Å²) in [6.45, 7) is 0. The summed E-state index contributed by atoms with van der Waals surface area (Å²) in [4.78, 5) is 4.29. The molecule has 0 spiro atoms. The van der Waals surface area contributed by atoms with E-state index in [1.54, 1.807) is 17.1 Å². The first-order chi connectivity index (χ1) is 12.8. The summed E-state index contributed by atoms with van der Waals surface area (Å²) in [5.41, 5.74) is 3.51. The fraction of sp³-hybridized carbons (Fsp3) is 0.235. The van der Waals surface area contributed by atoms with Gasteiger partial charge in [0.15, 0.2) is 5.65 Å². The van der Waals surface area contributed by atoms with Crippen molar-refractivity contribution in [1.82, 2.24) is 39.0 Å². The molecule has 8 nitrogen and oxygen atoms in total. The van der Waals surface area contributed by atoms with E-state index in [0.29, 0.717) is 11.2 Å². The van der Waals surface area contributed by atoms with Crippen LogP contribution in [-0.2, 0) is 6.42 Å². The molecule has 4 heterocycles. The highest BCUT2D eigenvalue weighted by Crippen LogP contribution is 2.33. The maximum atomic E-state index is 6.37. The van der Waals surface area contributed by atoms with Crippen LogP contribution in [0.25, 0.3) is 28.1 Å². The number of benzene rings is 1. The molecule has 26 heavy (non-hydrogen) atoms. The molecule has 0 atom stereocenters. The molecule has 0 amide bonds. The summed E-state index contributed by atoms with van der Waals surface area (Å²) >= 11 is 6.37. The molecule has 0 bridgehead atoms. The molecular weight excluding hydrogens is 352 g/mol. The summed E-state index contributed by atoms with van der Waals surface area (Å²) in [5.74, 6) is 1.32. The Labute approximate surface area is 152 Å². The highest BCUT2D eigenvalue weighted by atomic mass is 35.5. The second kappa shape index (κ2) is 5.01. The predicted molar refractivity (Wildman–Crippen MR) is 95.6 cm³/mol. The van der Waals surface area contributed by atoms with Gasteiger partial charge in [0.05, 0.1) is 23.6 Å². The minimum absolute atomic E-state index is 0.398. The van der Waals surface area contributed by atoms with Crippen LogP contribution in [0.15, 0.2) is 36.7 Å². The molecule has 4 aromatic heterocycles. The van der Waals surface area contributed by atoms with Crippen LogP contribution in [0.1, 0.15) is 18.5 Å². The number of para-hydroxylation sites is 1. The predicted octanol–water partition coefficient (Wildman–Crippen LogP) is 2.72. The first kappa shape index (κ1) is 14.2. The summed E-state index contributed by atoms with van der Waals surface area (Å²) in [7, 11) is 0. The second-order valence-corrected chi connectivity index (χ2v) is 7.02. The molecule has 1 aliphatic rings. The zero-order chi connectivity index (χ0) is 17.3. The quantitative estimate of drug-likeness (QED) is 0.492. The average Bonchev–Trinajstić information content (AvgIpc) is 3.04. The topological polar surface area (TPSA) is 78.2 Å². The molecule has 0 aliphatic heterocycles. The van der Waals surface area contributed by atoms with Gasteiger partial charge < -0.3 is 0 Å². The SMILES string of the molecule is Clc1ncc2n1c1ccccc1c1nnc(-n3nncc3CC3CC3)n12. The maximum absolute atomic E-state index is 6.37. The molecule has 0 unspecified atom stereocenters. The summed E-state index contributed by atoms with van der Waals surface area (Å²) in [6, 6.07) is 7.95. The lowest BCUT2D eigenvalue weighted by Crippen LogP contribution is -2.09. The minimum atomic E-state index is 0.398. The van der Waals surface area contributed by atoms with E-state index in [-0.39, 0.29) is 0 Å². The Kier molecular flexibility index (Phi) is 2.74. The third-order valence-corrected chi connectivity index (χ3v) is 5.23. The van der Waals surface area contributed by atoms with E-state index >= 15 is 0 Å². The van der Waals surface area contributed by atoms with Crippen molar-refractivity contribution in [3.05, 3.63) is 47.6 Å². The third kappa shape index (κ3) is 1.87. The van der Waals surface area contributed by atoms with Crippen molar-refractivity contribution in [2.24, 2.45) is 5.92 Å². The highest BCUT2D eigenvalue weighted by molar-refractivity contribution is 6.29. The molecule has 0 N–H and O–H groups in total. The Morgan fingerprint density at radius 1 is 1.08 bits per heavy atom. The first-order valence-electron chi connectivity index (χ1n) is 8.50. The van der Waals surface area contributed by atoms with Gasteiger partial charge in [-0.25, -0.2) is 9.38 Å². The number of aromatic nitrogens is 8. The molecule has 128 valence electrons. The Balaban J connectivity index is 1.73. The van der Waals surface area contributed by atoms with Crippen LogP contribution in [0.3, 0.4) is 0 Å². The second-order valence-electron chi connectivity index (χ2n) is 6.68. The van der Waals surface area contributed by atoms with E-state index < -0.39 is 0 Å². The minimum Gasteiger partial charge on any atom is -0.268 e. The number of hydrogen-bond acceptors (Lipinski definition) is 5. The Hall–Kier alpha value is -3.00. The molecule has 1 saturated carbocycles. The van der Waals surface area contributed by atoms with Crippen LogP contribution in [0, 0.1) is 5.92 Å². The van der Waals surface area contributed by atoms with Crippen LogP contribution in [0.5, 0.6) is 0 Å². The smallest absolute Gasteiger partial charge is 0.259 e. The van der Waals surface area contributed by atoms with Gasteiger partial charge in [-0.15, -0.1) is 15.3 Å². The van der Waals surface area contributed by atoms with Gasteiger partial charge in [-0.3, -0.25) is 4.40 Å². The Morgan fingerprint density at radius 3 is 2.85 bits per heavy atom. The van der Waals surface area contributed by atoms with Gasteiger partial charge in [-0.2, -0.15) is 4.68 Å². The van der Waals surface area contributed by atoms with Crippen molar-refractivity contribution >= 4 is 33.8 Å². The van der Waals surface area contributed by atoms with Crippen LogP contribution in [-0.4, -0.2) is 39.0 Å². The third-order valence-electron chi connectivity index (χ3n) is 4.97. The van der Waals surface area contributed by atoms with Gasteiger partial charge in [0.1, 0.15) is 5.65 Å². The molecule has 0 saturated heterocycles. The van der Waals surface area contributed by atoms with Crippen LogP contribution in [0.2, 0.25) is 5.28 Å². The maximum Gasteiger partial charge on any atom is 0.259 e. The number of hydrogen-bond donors (Lipinski definition) is 0. The van der Waals surface area contributed by atoms with Gasteiger partial charge in [-0.05, 0) is 48.9 Å². The van der Waals surface area contributed by atoms with Crippen LogP contribution in [0.4, 0.5) is 0 Å². The van der Waals surface area contributed by atoms with Gasteiger partial charge in [0.25, 0.3) is 5.95 Å². The van der Waals surface area contributed by atoms with E-state index in [4.69, 9.17) is 11.6 Å². The zero-order valence-electron chi connectivity index (χ0n) is 13.6. The van der Waals surface area contributed by atoms with Gasteiger partial charge >= 0.3 is 0 Å². The van der Waals surface area contributed by atoms with Gasteiger partial charge in [-0.1, -0.05) is 17.3 Å². The Bertz CT molecular complexity index is 1290. The van der Waals surface area contributed by atoms with Crippen molar-refractivity contribution in [1.29, 1.82) is 0 Å². The number of imidazole rings is 1. The van der Waals surface area contributed by atoms with Crippen LogP contribution < -0.4 is 0 Å². The van der Waals surface area contributed by atoms with Crippen molar-refractivity contribution < 1.29 is 0 Å². The normalized spacial score (nSPS) is 14.8. The van der Waals surface area contributed by atoms with Crippen molar-refractivity contribution in [2.75, 3.05) is 0 Å². The van der Waals surface area contributed by atoms with E-state index in [1.807, 2.05) is 33.1 Å². The summed E-state index contributed by atoms with van der Waals surface area (Å²) in [5, 5.41) is 18.6. The fourth-order valence-corrected chi connectivity index (χ4v) is 3.77. The fourth-order valence-electron chi connectivity index (χ4n) is 3.54. The van der Waals surface area contributed by atoms with Gasteiger partial charge in [0, 0.05) is 5.39 Å². The lowest BCUT2D eigenvalue weighted by atomic mass is 10.2. The molecule has 1 aromatic carbocycles. The number of halogens is 1. The largest absolute Gasteiger partial charge is 0.268 e. The van der Waals surface area contributed by atoms with Crippen molar-refractivity contribution in [3.8, 4) is 5.95 Å².